The lowest BCUT2D eigenvalue weighted by Gasteiger charge is -2.11. The van der Waals surface area contributed by atoms with Gasteiger partial charge in [-0.15, -0.1) is 5.10 Å². The van der Waals surface area contributed by atoms with Crippen LogP contribution in [0.25, 0.3) is 0 Å². The maximum Gasteiger partial charge on any atom is 0.339 e. The van der Waals surface area contributed by atoms with Crippen LogP contribution >= 0.6 is 0 Å². The van der Waals surface area contributed by atoms with Crippen LogP contribution < -0.4 is 5.32 Å². The summed E-state index contributed by atoms with van der Waals surface area (Å²) >= 11 is 0. The number of hydrogen-bond donors (Lipinski definition) is 2. The Hall–Kier alpha value is -2.50. The van der Waals surface area contributed by atoms with Gasteiger partial charge in [-0.25, -0.2) is 4.79 Å². The quantitative estimate of drug-likeness (QED) is 0.886. The van der Waals surface area contributed by atoms with Gasteiger partial charge in [0.15, 0.2) is 5.82 Å². The van der Waals surface area contributed by atoms with Crippen LogP contribution in [0.15, 0.2) is 18.3 Å². The van der Waals surface area contributed by atoms with Gasteiger partial charge in [0.2, 0.25) is 0 Å². The first-order valence-corrected chi connectivity index (χ1v) is 6.22. The number of aryl methyl sites for hydroxylation is 2. The Morgan fingerprint density at radius 1 is 1.30 bits per heavy atom. The summed E-state index contributed by atoms with van der Waals surface area (Å²) in [6.07, 6.45) is 1.70. The summed E-state index contributed by atoms with van der Waals surface area (Å²) in [6.45, 7) is 5.82. The molecular weight excluding hydrogens is 256 g/mol. The second kappa shape index (κ2) is 5.64. The predicted molar refractivity (Wildman–Crippen MR) is 74.8 cm³/mol. The summed E-state index contributed by atoms with van der Waals surface area (Å²) in [4.78, 5) is 15.6. The molecule has 104 valence electrons. The molecule has 0 spiro atoms. The number of nitrogens with one attached hydrogen (secondary N) is 1. The Morgan fingerprint density at radius 2 is 2.05 bits per heavy atom. The van der Waals surface area contributed by atoms with E-state index in [0.717, 1.165) is 11.3 Å². The third-order valence-electron chi connectivity index (χ3n) is 3.21. The number of rotatable bonds is 4. The number of carbonyl (C=O) groups is 1. The lowest BCUT2D eigenvalue weighted by atomic mass is 10.1. The molecule has 0 atom stereocenters. The van der Waals surface area contributed by atoms with Crippen molar-refractivity contribution in [3.8, 4) is 0 Å². The number of hydrogen-bond acceptors (Lipinski definition) is 5. The van der Waals surface area contributed by atoms with Crippen molar-refractivity contribution in [2.24, 2.45) is 0 Å². The van der Waals surface area contributed by atoms with E-state index in [1.807, 2.05) is 19.1 Å². The lowest BCUT2D eigenvalue weighted by Crippen LogP contribution is -2.13. The topological polar surface area (TPSA) is 88.0 Å². The van der Waals surface area contributed by atoms with Crippen molar-refractivity contribution in [1.29, 1.82) is 0 Å². The van der Waals surface area contributed by atoms with Crippen LogP contribution in [0.5, 0.6) is 0 Å². The van der Waals surface area contributed by atoms with E-state index in [1.54, 1.807) is 20.0 Å². The molecule has 0 unspecified atom stereocenters. The summed E-state index contributed by atoms with van der Waals surface area (Å²) in [5, 5.41) is 20.2. The number of aromatic nitrogens is 3. The summed E-state index contributed by atoms with van der Waals surface area (Å²) in [5.41, 5.74) is 3.28. The van der Waals surface area contributed by atoms with Gasteiger partial charge in [0, 0.05) is 6.20 Å². The van der Waals surface area contributed by atoms with Gasteiger partial charge in [0.1, 0.15) is 5.56 Å². The zero-order valence-electron chi connectivity index (χ0n) is 11.6. The van der Waals surface area contributed by atoms with Crippen molar-refractivity contribution in [2.75, 3.05) is 5.32 Å². The van der Waals surface area contributed by atoms with E-state index in [4.69, 9.17) is 0 Å². The highest BCUT2D eigenvalue weighted by molar-refractivity contribution is 5.94. The number of aromatic carboxylic acids is 1. The zero-order valence-corrected chi connectivity index (χ0v) is 11.6. The molecule has 0 aromatic carbocycles. The van der Waals surface area contributed by atoms with Gasteiger partial charge in [-0.3, -0.25) is 4.98 Å². The second-order valence-electron chi connectivity index (χ2n) is 4.56. The summed E-state index contributed by atoms with van der Waals surface area (Å²) in [6, 6.07) is 3.81. The molecule has 6 nitrogen and oxygen atoms in total. The summed E-state index contributed by atoms with van der Waals surface area (Å²) in [7, 11) is 0. The van der Waals surface area contributed by atoms with E-state index in [2.05, 4.69) is 20.5 Å². The standard InChI is InChI=1S/C14H16N4O2/c1-8-5-4-6-15-11(8)7-16-13-12(14(19)20)9(2)10(3)17-18-13/h4-6H,7H2,1-3H3,(H,16,18)(H,19,20). The minimum atomic E-state index is -1.01. The molecule has 0 saturated carbocycles. The van der Waals surface area contributed by atoms with Crippen molar-refractivity contribution in [2.45, 2.75) is 27.3 Å². The number of carboxylic acids is 1. The molecule has 2 rings (SSSR count). The molecule has 0 aliphatic rings. The van der Waals surface area contributed by atoms with Crippen LogP contribution in [0.4, 0.5) is 5.82 Å². The number of pyridine rings is 1. The molecule has 20 heavy (non-hydrogen) atoms. The van der Waals surface area contributed by atoms with Gasteiger partial charge in [-0.2, -0.15) is 5.10 Å². The van der Waals surface area contributed by atoms with Crippen molar-refractivity contribution in [3.63, 3.8) is 0 Å². The van der Waals surface area contributed by atoms with Gasteiger partial charge >= 0.3 is 5.97 Å². The molecule has 0 radical (unpaired) electrons. The van der Waals surface area contributed by atoms with Crippen LogP contribution in [0.1, 0.15) is 32.9 Å². The van der Waals surface area contributed by atoms with E-state index in [-0.39, 0.29) is 11.4 Å². The molecule has 0 saturated heterocycles. The summed E-state index contributed by atoms with van der Waals surface area (Å²) < 4.78 is 0. The molecule has 0 aliphatic heterocycles. The van der Waals surface area contributed by atoms with Gasteiger partial charge < -0.3 is 10.4 Å². The molecule has 2 aromatic rings. The van der Waals surface area contributed by atoms with E-state index in [9.17, 15) is 9.90 Å². The summed E-state index contributed by atoms with van der Waals surface area (Å²) in [5.74, 6) is -0.744. The van der Waals surface area contributed by atoms with E-state index < -0.39 is 5.97 Å². The highest BCUT2D eigenvalue weighted by atomic mass is 16.4. The monoisotopic (exact) mass is 272 g/mol. The molecule has 2 heterocycles. The van der Waals surface area contributed by atoms with Gasteiger partial charge in [0.05, 0.1) is 17.9 Å². The number of nitrogens with zero attached hydrogens (tertiary/aromatic N) is 3. The molecular formula is C14H16N4O2. The van der Waals surface area contributed by atoms with E-state index in [1.165, 1.54) is 0 Å². The lowest BCUT2D eigenvalue weighted by molar-refractivity contribution is 0.0696. The van der Waals surface area contributed by atoms with Crippen molar-refractivity contribution < 1.29 is 9.90 Å². The third kappa shape index (κ3) is 2.74. The van der Waals surface area contributed by atoms with Crippen LogP contribution in [0.2, 0.25) is 0 Å². The minimum Gasteiger partial charge on any atom is -0.478 e. The van der Waals surface area contributed by atoms with Crippen molar-refractivity contribution in [1.82, 2.24) is 15.2 Å². The molecule has 6 heteroatoms. The van der Waals surface area contributed by atoms with Crippen LogP contribution in [-0.4, -0.2) is 26.3 Å². The highest BCUT2D eigenvalue weighted by Gasteiger charge is 2.17. The maximum atomic E-state index is 11.3. The molecule has 0 amide bonds. The zero-order chi connectivity index (χ0) is 14.7. The minimum absolute atomic E-state index is 0.158. The van der Waals surface area contributed by atoms with Crippen LogP contribution in [0.3, 0.4) is 0 Å². The third-order valence-corrected chi connectivity index (χ3v) is 3.21. The number of carboxylic acid groups (broad SMARTS) is 1. The average Bonchev–Trinajstić information content (AvgIpc) is 2.41. The SMILES string of the molecule is Cc1cccnc1CNc1nnc(C)c(C)c1C(=O)O. The predicted octanol–water partition coefficient (Wildman–Crippen LogP) is 2.11. The van der Waals surface area contributed by atoms with Crippen molar-refractivity contribution >= 4 is 11.8 Å². The smallest absolute Gasteiger partial charge is 0.339 e. The second-order valence-corrected chi connectivity index (χ2v) is 4.56. The van der Waals surface area contributed by atoms with E-state index >= 15 is 0 Å². The highest BCUT2D eigenvalue weighted by Crippen LogP contribution is 2.19. The molecule has 0 fully saturated rings. The Labute approximate surface area is 116 Å². The molecule has 0 bridgehead atoms. The van der Waals surface area contributed by atoms with Crippen molar-refractivity contribution in [3.05, 3.63) is 46.4 Å². The van der Waals surface area contributed by atoms with Crippen LogP contribution in [-0.2, 0) is 6.54 Å². The van der Waals surface area contributed by atoms with E-state index in [0.29, 0.717) is 17.8 Å². The molecule has 2 aromatic heterocycles. The largest absolute Gasteiger partial charge is 0.478 e. The maximum absolute atomic E-state index is 11.3. The Balaban J connectivity index is 2.29. The van der Waals surface area contributed by atoms with Gasteiger partial charge in [-0.05, 0) is 38.0 Å². The fraction of sp³-hybridized carbons (Fsp3) is 0.286. The Bertz CT molecular complexity index is 656. The van der Waals surface area contributed by atoms with Crippen LogP contribution in [0, 0.1) is 20.8 Å². The molecule has 2 N–H and O–H groups in total. The fourth-order valence-electron chi connectivity index (χ4n) is 1.86. The Kier molecular flexibility index (Phi) is 3.93. The first kappa shape index (κ1) is 13.9. The normalized spacial score (nSPS) is 10.3. The Morgan fingerprint density at radius 3 is 2.70 bits per heavy atom. The fourth-order valence-corrected chi connectivity index (χ4v) is 1.86. The first-order valence-electron chi connectivity index (χ1n) is 6.22. The number of anilines is 1. The van der Waals surface area contributed by atoms with Gasteiger partial charge in [0.25, 0.3) is 0 Å². The first-order chi connectivity index (χ1) is 9.50. The average molecular weight is 272 g/mol. The van der Waals surface area contributed by atoms with Gasteiger partial charge in [-0.1, -0.05) is 6.07 Å². The molecule has 0 aliphatic carbocycles.